The lowest BCUT2D eigenvalue weighted by molar-refractivity contribution is 0.0163. The van der Waals surface area contributed by atoms with E-state index in [0.717, 1.165) is 10.7 Å². The lowest BCUT2D eigenvalue weighted by Gasteiger charge is -2.33. The Balaban J connectivity index is 2.91. The number of aromatic nitrogens is 1. The summed E-state index contributed by atoms with van der Waals surface area (Å²) in [6.07, 6.45) is 0.650. The quantitative estimate of drug-likeness (QED) is 0.831. The van der Waals surface area contributed by atoms with E-state index >= 15 is 0 Å². The van der Waals surface area contributed by atoms with E-state index in [1.807, 2.05) is 27.7 Å². The molecular weight excluding hydrogens is 222 g/mol. The predicted octanol–water partition coefficient (Wildman–Crippen LogP) is 1.93. The summed E-state index contributed by atoms with van der Waals surface area (Å²) < 4.78 is 0. The van der Waals surface area contributed by atoms with Gasteiger partial charge in [0, 0.05) is 16.7 Å². The second-order valence-corrected chi connectivity index (χ2v) is 6.05. The lowest BCUT2D eigenvalue weighted by atomic mass is 9.76. The molecule has 3 nitrogen and oxygen atoms in total. The number of aryl methyl sites for hydroxylation is 2. The summed E-state index contributed by atoms with van der Waals surface area (Å²) in [4.78, 5) is 5.68. The monoisotopic (exact) mass is 243 g/mol. The smallest absolute Gasteiger partial charge is 0.0938 e. The highest BCUT2D eigenvalue weighted by Gasteiger charge is 2.34. The third-order valence-corrected chi connectivity index (χ3v) is 4.50. The van der Waals surface area contributed by atoms with Gasteiger partial charge in [-0.3, -0.25) is 0 Å². The summed E-state index contributed by atoms with van der Waals surface area (Å²) in [7, 11) is 0. The molecule has 0 fully saturated rings. The largest absolute Gasteiger partial charge is 0.396 e. The third-order valence-electron chi connectivity index (χ3n) is 3.43. The van der Waals surface area contributed by atoms with Gasteiger partial charge >= 0.3 is 0 Å². The molecule has 0 unspecified atom stereocenters. The molecule has 0 aliphatic heterocycles. The van der Waals surface area contributed by atoms with Gasteiger partial charge in [-0.2, -0.15) is 0 Å². The molecule has 16 heavy (non-hydrogen) atoms. The maximum atomic E-state index is 9.50. The van der Waals surface area contributed by atoms with E-state index in [9.17, 15) is 10.2 Å². The van der Waals surface area contributed by atoms with Crippen LogP contribution in [0.25, 0.3) is 0 Å². The molecule has 0 amide bonds. The number of aliphatic hydroxyl groups excluding tert-OH is 2. The van der Waals surface area contributed by atoms with Crippen molar-refractivity contribution in [1.82, 2.24) is 4.98 Å². The van der Waals surface area contributed by atoms with Crippen molar-refractivity contribution >= 4 is 11.3 Å². The van der Waals surface area contributed by atoms with Crippen molar-refractivity contribution in [2.75, 3.05) is 13.2 Å². The Kier molecular flexibility index (Phi) is 4.47. The first-order valence-electron chi connectivity index (χ1n) is 5.60. The summed E-state index contributed by atoms with van der Waals surface area (Å²) in [5, 5.41) is 20.0. The van der Waals surface area contributed by atoms with Crippen molar-refractivity contribution < 1.29 is 10.2 Å². The fraction of sp³-hybridized carbons (Fsp3) is 0.750. The Bertz CT molecular complexity index is 323. The summed E-state index contributed by atoms with van der Waals surface area (Å²) >= 11 is 1.66. The average Bonchev–Trinajstić information content (AvgIpc) is 2.54. The van der Waals surface area contributed by atoms with E-state index in [1.54, 1.807) is 11.3 Å². The highest BCUT2D eigenvalue weighted by molar-refractivity contribution is 7.11. The van der Waals surface area contributed by atoms with Crippen LogP contribution in [0.1, 0.15) is 29.4 Å². The molecule has 1 aromatic heterocycles. The molecule has 4 heteroatoms. The van der Waals surface area contributed by atoms with Crippen molar-refractivity contribution in [2.45, 2.75) is 34.1 Å². The molecule has 0 saturated carbocycles. The first kappa shape index (κ1) is 13.6. The molecule has 2 N–H and O–H groups in total. The molecule has 0 aromatic carbocycles. The van der Waals surface area contributed by atoms with Gasteiger partial charge in [-0.15, -0.1) is 11.3 Å². The number of thiazole rings is 1. The first-order valence-corrected chi connectivity index (χ1v) is 6.41. The second kappa shape index (κ2) is 5.25. The fourth-order valence-corrected chi connectivity index (χ4v) is 2.74. The van der Waals surface area contributed by atoms with Crippen LogP contribution in [0, 0.1) is 25.2 Å². The number of rotatable bonds is 5. The minimum absolute atomic E-state index is 0.00115. The third kappa shape index (κ3) is 2.62. The lowest BCUT2D eigenvalue weighted by Crippen LogP contribution is -2.37. The Morgan fingerprint density at radius 2 is 1.81 bits per heavy atom. The summed E-state index contributed by atoms with van der Waals surface area (Å²) in [5.74, 6) is 0.229. The molecule has 0 saturated heterocycles. The predicted molar refractivity (Wildman–Crippen MR) is 66.7 cm³/mol. The van der Waals surface area contributed by atoms with Crippen molar-refractivity contribution in [2.24, 2.45) is 11.3 Å². The molecule has 0 spiro atoms. The van der Waals surface area contributed by atoms with Crippen LogP contribution in [-0.2, 0) is 6.42 Å². The molecule has 0 aliphatic rings. The normalized spacial score (nSPS) is 12.4. The summed E-state index contributed by atoms with van der Waals surface area (Å²) in [6.45, 7) is 8.09. The van der Waals surface area contributed by atoms with E-state index in [0.29, 0.717) is 6.42 Å². The van der Waals surface area contributed by atoms with Gasteiger partial charge < -0.3 is 10.2 Å². The Hall–Kier alpha value is -0.450. The van der Waals surface area contributed by atoms with Gasteiger partial charge in [0.15, 0.2) is 0 Å². The minimum atomic E-state index is -0.448. The molecule has 1 heterocycles. The summed E-state index contributed by atoms with van der Waals surface area (Å²) in [5.41, 5.74) is 0.602. The molecule has 1 rings (SSSR count). The maximum absolute atomic E-state index is 9.50. The topological polar surface area (TPSA) is 53.4 Å². The molecular formula is C12H21NO2S. The van der Waals surface area contributed by atoms with Crippen LogP contribution in [0.3, 0.4) is 0 Å². The summed E-state index contributed by atoms with van der Waals surface area (Å²) in [6, 6.07) is 0. The second-order valence-electron chi connectivity index (χ2n) is 4.76. The van der Waals surface area contributed by atoms with Gasteiger partial charge in [0.2, 0.25) is 0 Å². The van der Waals surface area contributed by atoms with Gasteiger partial charge in [0.1, 0.15) is 0 Å². The van der Waals surface area contributed by atoms with E-state index in [2.05, 4.69) is 4.98 Å². The number of hydrogen-bond acceptors (Lipinski definition) is 4. The average molecular weight is 243 g/mol. The van der Waals surface area contributed by atoms with Gasteiger partial charge in [-0.25, -0.2) is 4.98 Å². The molecule has 1 aromatic rings. The van der Waals surface area contributed by atoms with E-state index in [4.69, 9.17) is 0 Å². The van der Waals surface area contributed by atoms with Crippen molar-refractivity contribution in [3.8, 4) is 0 Å². The van der Waals surface area contributed by atoms with Gasteiger partial charge in [-0.05, 0) is 19.8 Å². The zero-order valence-electron chi connectivity index (χ0n) is 10.4. The van der Waals surface area contributed by atoms with Crippen LogP contribution in [0.15, 0.2) is 0 Å². The van der Waals surface area contributed by atoms with Crippen LogP contribution in [0.2, 0.25) is 0 Å². The first-order chi connectivity index (χ1) is 7.45. The standard InChI is InChI=1S/C12H21NO2S/c1-8(2)12(6-14,7-15)5-11-13-9(3)10(4)16-11/h8,14-15H,5-7H2,1-4H3. The molecule has 0 aliphatic carbocycles. The molecule has 0 atom stereocenters. The van der Waals surface area contributed by atoms with Crippen LogP contribution in [0.5, 0.6) is 0 Å². The number of hydrogen-bond donors (Lipinski definition) is 2. The Labute approximate surface area is 101 Å². The van der Waals surface area contributed by atoms with E-state index < -0.39 is 5.41 Å². The fourth-order valence-electron chi connectivity index (χ4n) is 1.65. The van der Waals surface area contributed by atoms with Gasteiger partial charge in [-0.1, -0.05) is 13.8 Å². The van der Waals surface area contributed by atoms with Gasteiger partial charge in [0.05, 0.1) is 23.9 Å². The zero-order valence-corrected chi connectivity index (χ0v) is 11.3. The molecule has 92 valence electrons. The maximum Gasteiger partial charge on any atom is 0.0938 e. The van der Waals surface area contributed by atoms with Gasteiger partial charge in [0.25, 0.3) is 0 Å². The Morgan fingerprint density at radius 3 is 2.12 bits per heavy atom. The number of aliphatic hydroxyl groups is 2. The Morgan fingerprint density at radius 1 is 1.25 bits per heavy atom. The van der Waals surface area contributed by atoms with E-state index in [1.165, 1.54) is 4.88 Å². The van der Waals surface area contributed by atoms with Crippen molar-refractivity contribution in [3.63, 3.8) is 0 Å². The molecule has 0 bridgehead atoms. The van der Waals surface area contributed by atoms with Crippen LogP contribution < -0.4 is 0 Å². The van der Waals surface area contributed by atoms with Crippen LogP contribution in [-0.4, -0.2) is 28.4 Å². The van der Waals surface area contributed by atoms with Crippen molar-refractivity contribution in [1.29, 1.82) is 0 Å². The highest BCUT2D eigenvalue weighted by atomic mass is 32.1. The van der Waals surface area contributed by atoms with Crippen LogP contribution >= 0.6 is 11.3 Å². The number of nitrogens with zero attached hydrogens (tertiary/aromatic N) is 1. The highest BCUT2D eigenvalue weighted by Crippen LogP contribution is 2.32. The molecule has 0 radical (unpaired) electrons. The minimum Gasteiger partial charge on any atom is -0.396 e. The zero-order chi connectivity index (χ0) is 12.3. The van der Waals surface area contributed by atoms with Crippen molar-refractivity contribution in [3.05, 3.63) is 15.6 Å². The van der Waals surface area contributed by atoms with E-state index in [-0.39, 0.29) is 19.1 Å². The van der Waals surface area contributed by atoms with Crippen LogP contribution in [0.4, 0.5) is 0 Å². The SMILES string of the molecule is Cc1nc(CC(CO)(CO)C(C)C)sc1C.